The molecule has 1 aliphatic heterocycles. The molecule has 0 saturated carbocycles. The summed E-state index contributed by atoms with van der Waals surface area (Å²) in [6, 6.07) is 6.82. The number of hydrogen-bond donors (Lipinski definition) is 1. The van der Waals surface area contributed by atoms with E-state index in [4.69, 9.17) is 0 Å². The summed E-state index contributed by atoms with van der Waals surface area (Å²) in [4.78, 5) is 0.328. The average molecular weight is 367 g/mol. The molecule has 0 amide bonds. The summed E-state index contributed by atoms with van der Waals surface area (Å²) >= 11 is 2.14. The van der Waals surface area contributed by atoms with Crippen molar-refractivity contribution in [3.05, 3.63) is 27.8 Å². The molecule has 0 radical (unpaired) electrons. The van der Waals surface area contributed by atoms with Crippen molar-refractivity contribution in [1.82, 2.24) is 4.31 Å². The van der Waals surface area contributed by atoms with Gasteiger partial charge in [0, 0.05) is 16.7 Å². The van der Waals surface area contributed by atoms with Crippen LogP contribution in [0.25, 0.3) is 0 Å². The second-order valence-corrected chi connectivity index (χ2v) is 7.27. The van der Waals surface area contributed by atoms with Gasteiger partial charge in [-0.3, -0.25) is 0 Å². The number of halogens is 1. The van der Waals surface area contributed by atoms with Gasteiger partial charge in [-0.05, 0) is 59.7 Å². The molecule has 0 atom stereocenters. The van der Waals surface area contributed by atoms with Gasteiger partial charge < -0.3 is 5.11 Å². The summed E-state index contributed by atoms with van der Waals surface area (Å²) in [7, 11) is -3.38. The Morgan fingerprint density at radius 1 is 1.18 bits per heavy atom. The highest BCUT2D eigenvalue weighted by Gasteiger charge is 2.28. The van der Waals surface area contributed by atoms with Gasteiger partial charge in [-0.15, -0.1) is 0 Å². The molecular weight excluding hydrogens is 353 g/mol. The maximum Gasteiger partial charge on any atom is 0.243 e. The van der Waals surface area contributed by atoms with Crippen LogP contribution in [0.1, 0.15) is 12.8 Å². The number of rotatable bonds is 2. The van der Waals surface area contributed by atoms with E-state index in [1.165, 1.54) is 4.31 Å². The van der Waals surface area contributed by atoms with E-state index in [2.05, 4.69) is 22.6 Å². The molecule has 2 rings (SSSR count). The second-order valence-electron chi connectivity index (χ2n) is 4.09. The molecular formula is C11H14INO3S. The van der Waals surface area contributed by atoms with Crippen LogP contribution in [-0.4, -0.2) is 37.0 Å². The van der Waals surface area contributed by atoms with E-state index in [1.807, 2.05) is 0 Å². The predicted molar refractivity (Wildman–Crippen MR) is 73.2 cm³/mol. The molecule has 0 aliphatic carbocycles. The van der Waals surface area contributed by atoms with Gasteiger partial charge in [-0.25, -0.2) is 8.42 Å². The monoisotopic (exact) mass is 367 g/mol. The third kappa shape index (κ3) is 2.98. The Hall–Kier alpha value is -0.180. The van der Waals surface area contributed by atoms with E-state index in [-0.39, 0.29) is 6.10 Å². The first kappa shape index (κ1) is 13.3. The van der Waals surface area contributed by atoms with Crippen LogP contribution in [0, 0.1) is 3.57 Å². The van der Waals surface area contributed by atoms with Crippen LogP contribution in [0.2, 0.25) is 0 Å². The van der Waals surface area contributed by atoms with Crippen molar-refractivity contribution in [1.29, 1.82) is 0 Å². The van der Waals surface area contributed by atoms with E-state index in [0.717, 1.165) is 3.57 Å². The topological polar surface area (TPSA) is 57.6 Å². The summed E-state index contributed by atoms with van der Waals surface area (Å²) in [6.07, 6.45) is 0.672. The molecule has 1 aliphatic rings. The van der Waals surface area contributed by atoms with Gasteiger partial charge >= 0.3 is 0 Å². The quantitative estimate of drug-likeness (QED) is 0.805. The van der Waals surface area contributed by atoms with Crippen molar-refractivity contribution in [3.8, 4) is 0 Å². The molecule has 94 valence electrons. The third-order valence-corrected chi connectivity index (χ3v) is 5.51. The van der Waals surface area contributed by atoms with Crippen LogP contribution in [0.4, 0.5) is 0 Å². The first-order valence-corrected chi connectivity index (χ1v) is 7.96. The van der Waals surface area contributed by atoms with Gasteiger partial charge in [0.05, 0.1) is 11.0 Å². The van der Waals surface area contributed by atoms with Gasteiger partial charge in [-0.1, -0.05) is 0 Å². The summed E-state index contributed by atoms with van der Waals surface area (Å²) in [5, 5.41) is 9.38. The number of hydrogen-bond acceptors (Lipinski definition) is 3. The van der Waals surface area contributed by atoms with Gasteiger partial charge in [-0.2, -0.15) is 4.31 Å². The largest absolute Gasteiger partial charge is 0.393 e. The fourth-order valence-corrected chi connectivity index (χ4v) is 3.67. The summed E-state index contributed by atoms with van der Waals surface area (Å²) in [5.74, 6) is 0. The van der Waals surface area contributed by atoms with Crippen molar-refractivity contribution < 1.29 is 13.5 Å². The highest BCUT2D eigenvalue weighted by molar-refractivity contribution is 14.1. The lowest BCUT2D eigenvalue weighted by molar-refractivity contribution is 0.113. The highest BCUT2D eigenvalue weighted by Crippen LogP contribution is 2.21. The van der Waals surface area contributed by atoms with Crippen LogP contribution < -0.4 is 0 Å². The molecule has 4 nitrogen and oxygen atoms in total. The lowest BCUT2D eigenvalue weighted by atomic mass is 10.1. The van der Waals surface area contributed by atoms with Crippen LogP contribution in [-0.2, 0) is 10.0 Å². The fourth-order valence-electron chi connectivity index (χ4n) is 1.84. The minimum Gasteiger partial charge on any atom is -0.393 e. The predicted octanol–water partition coefficient (Wildman–Crippen LogP) is 1.44. The second kappa shape index (κ2) is 5.21. The molecule has 0 bridgehead atoms. The van der Waals surface area contributed by atoms with E-state index >= 15 is 0 Å². The Morgan fingerprint density at radius 2 is 1.71 bits per heavy atom. The van der Waals surface area contributed by atoms with Crippen molar-refractivity contribution in [2.75, 3.05) is 13.1 Å². The fraction of sp³-hybridized carbons (Fsp3) is 0.455. The van der Waals surface area contributed by atoms with Gasteiger partial charge in [0.25, 0.3) is 0 Å². The maximum absolute atomic E-state index is 12.2. The van der Waals surface area contributed by atoms with Crippen molar-refractivity contribution in [2.24, 2.45) is 0 Å². The van der Waals surface area contributed by atoms with Crippen LogP contribution in [0.5, 0.6) is 0 Å². The normalized spacial score (nSPS) is 19.4. The van der Waals surface area contributed by atoms with Crippen LogP contribution in [0.3, 0.4) is 0 Å². The Bertz CT molecular complexity index is 478. The summed E-state index contributed by atoms with van der Waals surface area (Å²) in [6.45, 7) is 0.797. The van der Waals surface area contributed by atoms with E-state index in [1.54, 1.807) is 24.3 Å². The van der Waals surface area contributed by atoms with Crippen molar-refractivity contribution >= 4 is 32.6 Å². The zero-order valence-electron chi connectivity index (χ0n) is 9.21. The molecule has 1 aromatic rings. The zero-order chi connectivity index (χ0) is 12.5. The molecule has 0 aromatic heterocycles. The van der Waals surface area contributed by atoms with Crippen molar-refractivity contribution in [3.63, 3.8) is 0 Å². The van der Waals surface area contributed by atoms with E-state index < -0.39 is 10.0 Å². The smallest absolute Gasteiger partial charge is 0.243 e. The van der Waals surface area contributed by atoms with Gasteiger partial charge in [0.1, 0.15) is 0 Å². The van der Waals surface area contributed by atoms with E-state index in [0.29, 0.717) is 30.8 Å². The molecule has 1 fully saturated rings. The molecule has 0 unspecified atom stereocenters. The summed E-state index contributed by atoms with van der Waals surface area (Å²) < 4.78 is 27.0. The number of aliphatic hydroxyl groups excluding tert-OH is 1. The lowest BCUT2D eigenvalue weighted by Crippen LogP contribution is -2.39. The molecule has 17 heavy (non-hydrogen) atoms. The van der Waals surface area contributed by atoms with Crippen LogP contribution in [0.15, 0.2) is 29.2 Å². The van der Waals surface area contributed by atoms with Crippen LogP contribution >= 0.6 is 22.6 Å². The van der Waals surface area contributed by atoms with Crippen molar-refractivity contribution in [2.45, 2.75) is 23.8 Å². The lowest BCUT2D eigenvalue weighted by Gasteiger charge is -2.28. The van der Waals surface area contributed by atoms with E-state index in [9.17, 15) is 13.5 Å². The zero-order valence-corrected chi connectivity index (χ0v) is 12.2. The average Bonchev–Trinajstić information content (AvgIpc) is 2.30. The highest BCUT2D eigenvalue weighted by atomic mass is 127. The number of sulfonamides is 1. The standard InChI is InChI=1S/C11H14INO3S/c12-9-1-3-11(4-2-9)17(15,16)13-7-5-10(14)6-8-13/h1-4,10,14H,5-8H2. The number of nitrogens with zero attached hydrogens (tertiary/aromatic N) is 1. The Kier molecular flexibility index (Phi) is 4.06. The molecule has 6 heteroatoms. The number of aliphatic hydroxyl groups is 1. The molecule has 1 heterocycles. The minimum atomic E-state index is -3.38. The SMILES string of the molecule is O=S(=O)(c1ccc(I)cc1)N1CCC(O)CC1. The maximum atomic E-state index is 12.2. The molecule has 1 N–H and O–H groups in total. The summed E-state index contributed by atoms with van der Waals surface area (Å²) in [5.41, 5.74) is 0. The first-order valence-electron chi connectivity index (χ1n) is 5.44. The minimum absolute atomic E-state index is 0.328. The van der Waals surface area contributed by atoms with Gasteiger partial charge in [0.2, 0.25) is 10.0 Å². The molecule has 0 spiro atoms. The Labute approximate surface area is 115 Å². The molecule has 1 saturated heterocycles. The Balaban J connectivity index is 2.21. The third-order valence-electron chi connectivity index (χ3n) is 2.87. The van der Waals surface area contributed by atoms with Gasteiger partial charge in [0.15, 0.2) is 0 Å². The number of benzene rings is 1. The molecule has 1 aromatic carbocycles. The number of piperidine rings is 1. The first-order chi connectivity index (χ1) is 8.00. The Morgan fingerprint density at radius 3 is 2.24 bits per heavy atom.